The molecule has 4 aromatic rings. The van der Waals surface area contributed by atoms with Crippen LogP contribution in [0.1, 0.15) is 42.7 Å². The van der Waals surface area contributed by atoms with E-state index >= 15 is 0 Å². The second kappa shape index (κ2) is 9.99. The summed E-state index contributed by atoms with van der Waals surface area (Å²) in [6, 6.07) is 18.5. The molecule has 176 valence electrons. The molecule has 1 aliphatic rings. The van der Waals surface area contributed by atoms with Gasteiger partial charge < -0.3 is 18.8 Å². The van der Waals surface area contributed by atoms with Crippen LogP contribution in [0, 0.1) is 10.8 Å². The van der Waals surface area contributed by atoms with E-state index in [1.807, 2.05) is 29.5 Å². The Morgan fingerprint density at radius 1 is 1.09 bits per heavy atom. The second-order valence-electron chi connectivity index (χ2n) is 8.77. The van der Waals surface area contributed by atoms with Crippen LogP contribution in [0.25, 0.3) is 21.1 Å². The number of thiophene rings is 1. The molecule has 1 fully saturated rings. The van der Waals surface area contributed by atoms with Gasteiger partial charge in [0.05, 0.1) is 12.0 Å². The molecule has 34 heavy (non-hydrogen) atoms. The summed E-state index contributed by atoms with van der Waals surface area (Å²) in [5, 5.41) is 17.5. The van der Waals surface area contributed by atoms with Crippen LogP contribution in [0.4, 0.5) is 0 Å². The lowest BCUT2D eigenvalue weighted by atomic mass is 9.95. The first-order valence-electron chi connectivity index (χ1n) is 11.7. The molecule has 2 N–H and O–H groups in total. The number of piperidine rings is 1. The normalized spacial score (nSPS) is 15.1. The zero-order valence-electron chi connectivity index (χ0n) is 19.3. The fourth-order valence-electron chi connectivity index (χ4n) is 4.59. The molecule has 1 aliphatic heterocycles. The number of nitrogens with one attached hydrogen (secondary N) is 2. The highest BCUT2D eigenvalue weighted by Gasteiger charge is 2.22. The largest absolute Gasteiger partial charge is 0.493 e. The van der Waals surface area contributed by atoms with Gasteiger partial charge in [0.2, 0.25) is 0 Å². The SMILES string of the molecule is CC(=N)OC(=N)c1cc2c(OCCCN3CCC(c4cc5ccccc5s4)CC3)cccc2o1. The highest BCUT2D eigenvalue weighted by atomic mass is 32.1. The van der Waals surface area contributed by atoms with Crippen molar-refractivity contribution in [1.29, 1.82) is 10.8 Å². The predicted molar refractivity (Wildman–Crippen MR) is 138 cm³/mol. The highest BCUT2D eigenvalue weighted by molar-refractivity contribution is 7.19. The van der Waals surface area contributed by atoms with Crippen molar-refractivity contribution in [3.05, 3.63) is 65.2 Å². The average molecular weight is 476 g/mol. The first-order chi connectivity index (χ1) is 16.6. The van der Waals surface area contributed by atoms with Crippen molar-refractivity contribution >= 4 is 44.2 Å². The molecule has 0 bridgehead atoms. The van der Waals surface area contributed by atoms with Gasteiger partial charge in [0.1, 0.15) is 11.3 Å². The minimum absolute atomic E-state index is 0.0465. The maximum Gasteiger partial charge on any atom is 0.256 e. The van der Waals surface area contributed by atoms with Crippen LogP contribution in [0.5, 0.6) is 5.75 Å². The summed E-state index contributed by atoms with van der Waals surface area (Å²) in [6.45, 7) is 5.41. The molecule has 2 aromatic carbocycles. The van der Waals surface area contributed by atoms with Crippen molar-refractivity contribution < 1.29 is 13.9 Å². The standard InChI is InChI=1S/C27H29N3O3S/c1-18(28)32-27(29)24-17-21-22(7-4-8-23(21)33-24)31-15-5-12-30-13-10-19(11-14-30)26-16-20-6-2-3-9-25(20)34-26/h2-4,6-9,16-17,19,28-29H,5,10-15H2,1H3. The second-order valence-corrected chi connectivity index (χ2v) is 9.89. The van der Waals surface area contributed by atoms with Gasteiger partial charge >= 0.3 is 0 Å². The summed E-state index contributed by atoms with van der Waals surface area (Å²) in [4.78, 5) is 4.08. The van der Waals surface area contributed by atoms with Crippen molar-refractivity contribution in [3.8, 4) is 5.75 Å². The van der Waals surface area contributed by atoms with E-state index in [9.17, 15) is 0 Å². The number of furan rings is 1. The van der Waals surface area contributed by atoms with Gasteiger partial charge in [0.15, 0.2) is 11.7 Å². The summed E-state index contributed by atoms with van der Waals surface area (Å²) in [7, 11) is 0. The van der Waals surface area contributed by atoms with Crippen LogP contribution in [-0.4, -0.2) is 42.9 Å². The minimum atomic E-state index is -0.172. The van der Waals surface area contributed by atoms with Crippen molar-refractivity contribution in [2.75, 3.05) is 26.2 Å². The number of benzene rings is 2. The van der Waals surface area contributed by atoms with Gasteiger partial charge in [-0.25, -0.2) is 0 Å². The molecular formula is C27H29N3O3S. The highest BCUT2D eigenvalue weighted by Crippen LogP contribution is 2.36. The minimum Gasteiger partial charge on any atom is -0.493 e. The van der Waals surface area contributed by atoms with Crippen LogP contribution in [0.15, 0.2) is 59.0 Å². The molecule has 3 heterocycles. The summed E-state index contributed by atoms with van der Waals surface area (Å²) in [5.41, 5.74) is 0.645. The van der Waals surface area contributed by atoms with Crippen LogP contribution in [0.3, 0.4) is 0 Å². The number of likely N-dealkylation sites (tertiary alicyclic amines) is 1. The number of ether oxygens (including phenoxy) is 2. The molecule has 0 aliphatic carbocycles. The number of hydrogen-bond donors (Lipinski definition) is 2. The van der Waals surface area contributed by atoms with E-state index in [2.05, 4.69) is 35.2 Å². The molecule has 0 unspecified atom stereocenters. The number of fused-ring (bicyclic) bond motifs is 2. The van der Waals surface area contributed by atoms with Gasteiger partial charge in [-0.05, 0) is 67.9 Å². The number of hydrogen-bond acceptors (Lipinski definition) is 7. The molecule has 0 saturated carbocycles. The number of rotatable bonds is 7. The lowest BCUT2D eigenvalue weighted by Crippen LogP contribution is -2.34. The van der Waals surface area contributed by atoms with Gasteiger partial charge in [0, 0.05) is 29.1 Å². The van der Waals surface area contributed by atoms with Crippen molar-refractivity contribution in [2.24, 2.45) is 0 Å². The monoisotopic (exact) mass is 475 g/mol. The van der Waals surface area contributed by atoms with Crippen molar-refractivity contribution in [1.82, 2.24) is 4.90 Å². The molecule has 0 radical (unpaired) electrons. The molecule has 1 saturated heterocycles. The van der Waals surface area contributed by atoms with Gasteiger partial charge in [-0.15, -0.1) is 11.3 Å². The topological polar surface area (TPSA) is 82.5 Å². The van der Waals surface area contributed by atoms with Crippen LogP contribution < -0.4 is 4.74 Å². The molecule has 0 spiro atoms. The summed E-state index contributed by atoms with van der Waals surface area (Å²) >= 11 is 1.95. The van der Waals surface area contributed by atoms with Gasteiger partial charge in [0.25, 0.3) is 5.90 Å². The Bertz CT molecular complexity index is 1280. The fraction of sp³-hybridized carbons (Fsp3) is 0.333. The smallest absolute Gasteiger partial charge is 0.256 e. The molecule has 6 nitrogen and oxygen atoms in total. The fourth-order valence-corrected chi connectivity index (χ4v) is 5.82. The molecule has 5 rings (SSSR count). The zero-order valence-corrected chi connectivity index (χ0v) is 20.1. The van der Waals surface area contributed by atoms with Crippen LogP contribution in [0.2, 0.25) is 0 Å². The summed E-state index contributed by atoms with van der Waals surface area (Å²) in [6.07, 6.45) is 3.39. The van der Waals surface area contributed by atoms with Crippen molar-refractivity contribution in [3.63, 3.8) is 0 Å². The van der Waals surface area contributed by atoms with Gasteiger partial charge in [-0.1, -0.05) is 24.3 Å². The van der Waals surface area contributed by atoms with E-state index in [0.717, 1.165) is 37.2 Å². The zero-order chi connectivity index (χ0) is 23.5. The third-order valence-electron chi connectivity index (χ3n) is 6.31. The first kappa shape index (κ1) is 22.6. The van der Waals surface area contributed by atoms with Crippen LogP contribution in [-0.2, 0) is 4.74 Å². The van der Waals surface area contributed by atoms with E-state index < -0.39 is 0 Å². The summed E-state index contributed by atoms with van der Waals surface area (Å²) in [5.74, 6) is 1.50. The van der Waals surface area contributed by atoms with E-state index in [0.29, 0.717) is 23.9 Å². The molecule has 0 amide bonds. The Labute approximate surface area is 203 Å². The van der Waals surface area contributed by atoms with Gasteiger partial charge in [-0.2, -0.15) is 0 Å². The Morgan fingerprint density at radius 2 is 1.91 bits per heavy atom. The maximum absolute atomic E-state index is 7.94. The van der Waals surface area contributed by atoms with E-state index in [1.54, 1.807) is 6.07 Å². The maximum atomic E-state index is 7.94. The Hall–Kier alpha value is -3.16. The van der Waals surface area contributed by atoms with Crippen molar-refractivity contribution in [2.45, 2.75) is 32.1 Å². The third kappa shape index (κ3) is 5.00. The average Bonchev–Trinajstić information content (AvgIpc) is 3.47. The van der Waals surface area contributed by atoms with Crippen LogP contribution >= 0.6 is 11.3 Å². The van der Waals surface area contributed by atoms with E-state index in [4.69, 9.17) is 24.7 Å². The molecule has 2 aromatic heterocycles. The Kier molecular flexibility index (Phi) is 6.65. The molecule has 7 heteroatoms. The molecular weight excluding hydrogens is 446 g/mol. The lowest BCUT2D eigenvalue weighted by molar-refractivity contribution is 0.194. The van der Waals surface area contributed by atoms with E-state index in [-0.39, 0.29) is 11.8 Å². The van der Waals surface area contributed by atoms with Gasteiger partial charge in [-0.3, -0.25) is 10.8 Å². The lowest BCUT2D eigenvalue weighted by Gasteiger charge is -2.31. The Morgan fingerprint density at radius 3 is 2.71 bits per heavy atom. The molecule has 0 atom stereocenters. The third-order valence-corrected chi connectivity index (χ3v) is 7.59. The summed E-state index contributed by atoms with van der Waals surface area (Å²) < 4.78 is 18.2. The predicted octanol–water partition coefficient (Wildman–Crippen LogP) is 6.64. The quantitative estimate of drug-likeness (QED) is 0.178. The first-order valence-corrected chi connectivity index (χ1v) is 12.6. The Balaban J connectivity index is 1.10. The number of nitrogens with zero attached hydrogens (tertiary/aromatic N) is 1. The van der Waals surface area contributed by atoms with E-state index in [1.165, 1.54) is 34.7 Å².